The zero-order chi connectivity index (χ0) is 22.2. The number of aromatic nitrogens is 2. The molecule has 1 heterocycles. The van der Waals surface area contributed by atoms with Crippen molar-refractivity contribution in [3.8, 4) is 11.5 Å². The minimum Gasteiger partial charge on any atom is -0.419 e. The van der Waals surface area contributed by atoms with E-state index in [1.54, 1.807) is 12.1 Å². The summed E-state index contributed by atoms with van der Waals surface area (Å²) >= 11 is 0. The van der Waals surface area contributed by atoms with Crippen LogP contribution in [-0.2, 0) is 22.0 Å². The molecule has 0 unspecified atom stereocenters. The first-order valence-electron chi connectivity index (χ1n) is 10.0. The van der Waals surface area contributed by atoms with Crippen molar-refractivity contribution in [2.45, 2.75) is 37.6 Å². The Morgan fingerprint density at radius 1 is 0.903 bits per heavy atom. The third kappa shape index (κ3) is 4.38. The predicted octanol–water partition coefficient (Wildman–Crippen LogP) is 5.01. The second-order valence-corrected chi connectivity index (χ2v) is 10.6. The smallest absolute Gasteiger partial charge is 0.247 e. The molecule has 160 valence electrons. The fourth-order valence-corrected chi connectivity index (χ4v) is 4.49. The van der Waals surface area contributed by atoms with E-state index in [4.69, 9.17) is 4.42 Å². The Morgan fingerprint density at radius 2 is 1.58 bits per heavy atom. The van der Waals surface area contributed by atoms with Gasteiger partial charge in [0.25, 0.3) is 0 Å². The van der Waals surface area contributed by atoms with Crippen LogP contribution in [0, 0.1) is 0 Å². The van der Waals surface area contributed by atoms with Crippen LogP contribution in [0.1, 0.15) is 32.2 Å². The van der Waals surface area contributed by atoms with Crippen molar-refractivity contribution >= 4 is 20.8 Å². The third-order valence-corrected chi connectivity index (χ3v) is 7.05. The van der Waals surface area contributed by atoms with Gasteiger partial charge in [-0.2, -0.15) is 4.31 Å². The zero-order valence-corrected chi connectivity index (χ0v) is 18.8. The van der Waals surface area contributed by atoms with E-state index in [0.29, 0.717) is 5.89 Å². The fourth-order valence-electron chi connectivity index (χ4n) is 3.33. The fraction of sp³-hybridized carbons (Fsp3) is 0.250. The summed E-state index contributed by atoms with van der Waals surface area (Å²) < 4.78 is 33.0. The van der Waals surface area contributed by atoms with E-state index in [1.807, 2.05) is 54.6 Å². The van der Waals surface area contributed by atoms with Gasteiger partial charge in [0.05, 0.1) is 11.4 Å². The molecule has 0 radical (unpaired) electrons. The van der Waals surface area contributed by atoms with Crippen molar-refractivity contribution in [2.24, 2.45) is 0 Å². The van der Waals surface area contributed by atoms with E-state index in [2.05, 4.69) is 31.0 Å². The van der Waals surface area contributed by atoms with Crippen molar-refractivity contribution < 1.29 is 12.8 Å². The van der Waals surface area contributed by atoms with Crippen LogP contribution in [0.3, 0.4) is 0 Å². The Morgan fingerprint density at radius 3 is 2.26 bits per heavy atom. The normalized spacial score (nSPS) is 12.5. The van der Waals surface area contributed by atoms with Gasteiger partial charge in [-0.05, 0) is 46.0 Å². The maximum absolute atomic E-state index is 13.0. The monoisotopic (exact) mass is 435 g/mol. The minimum atomic E-state index is -3.70. The molecule has 6 nitrogen and oxygen atoms in total. The lowest BCUT2D eigenvalue weighted by Crippen LogP contribution is -2.26. The Kier molecular flexibility index (Phi) is 5.41. The van der Waals surface area contributed by atoms with Crippen molar-refractivity contribution in [3.63, 3.8) is 0 Å². The van der Waals surface area contributed by atoms with Gasteiger partial charge in [-0.1, -0.05) is 63.2 Å². The highest BCUT2D eigenvalue weighted by atomic mass is 32.2. The molecule has 0 aliphatic heterocycles. The second kappa shape index (κ2) is 7.90. The molecule has 0 aliphatic rings. The predicted molar refractivity (Wildman–Crippen MR) is 121 cm³/mol. The highest BCUT2D eigenvalue weighted by Gasteiger charge is 2.23. The molecule has 0 saturated carbocycles. The molecule has 3 aromatic carbocycles. The van der Waals surface area contributed by atoms with Crippen molar-refractivity contribution in [1.29, 1.82) is 0 Å². The molecule has 4 aromatic rings. The quantitative estimate of drug-likeness (QED) is 0.440. The van der Waals surface area contributed by atoms with Crippen molar-refractivity contribution in [3.05, 3.63) is 78.2 Å². The molecule has 0 aliphatic carbocycles. The van der Waals surface area contributed by atoms with Gasteiger partial charge in [0, 0.05) is 12.6 Å². The van der Waals surface area contributed by atoms with Crippen LogP contribution in [0.5, 0.6) is 0 Å². The molecule has 31 heavy (non-hydrogen) atoms. The Balaban J connectivity index is 1.53. The van der Waals surface area contributed by atoms with Crippen LogP contribution < -0.4 is 0 Å². The van der Waals surface area contributed by atoms with Crippen LogP contribution >= 0.6 is 0 Å². The summed E-state index contributed by atoms with van der Waals surface area (Å²) in [6, 6.07) is 20.7. The average molecular weight is 436 g/mol. The summed E-state index contributed by atoms with van der Waals surface area (Å²) in [4.78, 5) is 0.228. The lowest BCUT2D eigenvalue weighted by molar-refractivity contribution is 0.400. The molecule has 0 amide bonds. The molecular weight excluding hydrogens is 410 g/mol. The van der Waals surface area contributed by atoms with Gasteiger partial charge >= 0.3 is 0 Å². The Bertz CT molecular complexity index is 1320. The van der Waals surface area contributed by atoms with Crippen LogP contribution in [0.4, 0.5) is 0 Å². The SMILES string of the molecule is CN(Cc1nnc(-c2ccc(C(C)(C)C)cc2)o1)S(=O)(=O)c1ccc2ccccc2c1. The summed E-state index contributed by atoms with van der Waals surface area (Å²) in [5.41, 5.74) is 2.06. The highest BCUT2D eigenvalue weighted by Crippen LogP contribution is 2.26. The third-order valence-electron chi connectivity index (χ3n) is 5.25. The van der Waals surface area contributed by atoms with E-state index >= 15 is 0 Å². The van der Waals surface area contributed by atoms with Gasteiger partial charge < -0.3 is 4.42 Å². The molecule has 0 bridgehead atoms. The maximum Gasteiger partial charge on any atom is 0.247 e. The topological polar surface area (TPSA) is 76.3 Å². The molecule has 1 aromatic heterocycles. The van der Waals surface area contributed by atoms with Crippen LogP contribution in [0.25, 0.3) is 22.2 Å². The number of fused-ring (bicyclic) bond motifs is 1. The molecular formula is C24H25N3O3S. The number of hydrogen-bond acceptors (Lipinski definition) is 5. The summed E-state index contributed by atoms with van der Waals surface area (Å²) in [5, 5.41) is 9.99. The van der Waals surface area contributed by atoms with E-state index in [9.17, 15) is 8.42 Å². The molecule has 7 heteroatoms. The first-order valence-corrected chi connectivity index (χ1v) is 11.5. The highest BCUT2D eigenvalue weighted by molar-refractivity contribution is 7.89. The average Bonchev–Trinajstić information content (AvgIpc) is 3.21. The largest absolute Gasteiger partial charge is 0.419 e. The van der Waals surface area contributed by atoms with Gasteiger partial charge in [0.2, 0.25) is 21.8 Å². The summed E-state index contributed by atoms with van der Waals surface area (Å²) in [7, 11) is -2.19. The van der Waals surface area contributed by atoms with E-state index in [1.165, 1.54) is 16.9 Å². The first-order chi connectivity index (χ1) is 14.6. The standard InChI is InChI=1S/C24H25N3O3S/c1-24(2,3)20-12-9-18(10-13-20)23-26-25-22(30-23)16-27(4)31(28,29)21-14-11-17-7-5-6-8-19(17)15-21/h5-15H,16H2,1-4H3. The first kappa shape index (κ1) is 21.2. The lowest BCUT2D eigenvalue weighted by Gasteiger charge is -2.18. The summed E-state index contributed by atoms with van der Waals surface area (Å²) in [6.07, 6.45) is 0. The maximum atomic E-state index is 13.0. The van der Waals surface area contributed by atoms with Crippen LogP contribution in [0.15, 0.2) is 76.0 Å². The van der Waals surface area contributed by atoms with Gasteiger partial charge in [0.15, 0.2) is 0 Å². The van der Waals surface area contributed by atoms with Gasteiger partial charge in [0.1, 0.15) is 0 Å². The molecule has 0 spiro atoms. The van der Waals surface area contributed by atoms with E-state index in [0.717, 1.165) is 16.3 Å². The summed E-state index contributed by atoms with van der Waals surface area (Å²) in [5.74, 6) is 0.605. The van der Waals surface area contributed by atoms with Crippen LogP contribution in [-0.4, -0.2) is 30.0 Å². The molecule has 0 saturated heterocycles. The van der Waals surface area contributed by atoms with Gasteiger partial charge in [-0.25, -0.2) is 8.42 Å². The van der Waals surface area contributed by atoms with Crippen molar-refractivity contribution in [1.82, 2.24) is 14.5 Å². The number of sulfonamides is 1. The minimum absolute atomic E-state index is 0.0117. The molecule has 0 fully saturated rings. The lowest BCUT2D eigenvalue weighted by atomic mass is 9.87. The molecule has 0 N–H and O–H groups in total. The zero-order valence-electron chi connectivity index (χ0n) is 18.0. The van der Waals surface area contributed by atoms with Gasteiger partial charge in [-0.3, -0.25) is 0 Å². The summed E-state index contributed by atoms with van der Waals surface area (Å²) in [6.45, 7) is 6.44. The van der Waals surface area contributed by atoms with E-state index in [-0.39, 0.29) is 22.7 Å². The number of rotatable bonds is 5. The van der Waals surface area contributed by atoms with E-state index < -0.39 is 10.0 Å². The Hall–Kier alpha value is -3.03. The number of hydrogen-bond donors (Lipinski definition) is 0. The van der Waals surface area contributed by atoms with Gasteiger partial charge in [-0.15, -0.1) is 10.2 Å². The Labute approximate surface area is 182 Å². The van der Waals surface area contributed by atoms with Crippen LogP contribution in [0.2, 0.25) is 0 Å². The molecule has 4 rings (SSSR count). The van der Waals surface area contributed by atoms with Crippen molar-refractivity contribution in [2.75, 3.05) is 7.05 Å². The second-order valence-electron chi connectivity index (χ2n) is 8.60. The number of benzene rings is 3. The molecule has 0 atom stereocenters. The number of nitrogens with zero attached hydrogens (tertiary/aromatic N) is 3.